The van der Waals surface area contributed by atoms with Crippen LogP contribution in [0.1, 0.15) is 24.0 Å². The fraction of sp³-hybridized carbons (Fsp3) is 0.0769. The van der Waals surface area contributed by atoms with Gasteiger partial charge in [-0.2, -0.15) is 27.1 Å². The Morgan fingerprint density at radius 3 is 2.02 bits per heavy atom. The molecule has 0 aliphatic heterocycles. The Morgan fingerprint density at radius 1 is 0.762 bits per heavy atom. The molecule has 0 fully saturated rings. The molecule has 0 radical (unpaired) electrons. The zero-order valence-electron chi connectivity index (χ0n) is 21.1. The molecule has 1 aliphatic rings. The molecule has 0 heterocycles. The highest BCUT2D eigenvalue weighted by Crippen LogP contribution is 2.32. The largest absolute Gasteiger partial charge is 0.508 e. The number of carbonyl (C=O) groups is 1. The second kappa shape index (κ2) is 11.8. The third kappa shape index (κ3) is 7.35. The minimum Gasteiger partial charge on any atom is -0.508 e. The number of aliphatic hydroxyl groups excluding tert-OH is 1. The highest BCUT2D eigenvalue weighted by Gasteiger charge is 2.19. The van der Waals surface area contributed by atoms with Crippen LogP contribution in [0.15, 0.2) is 91.6 Å². The molecule has 0 atom stereocenters. The number of aromatic hydroxyl groups is 2. The van der Waals surface area contributed by atoms with Gasteiger partial charge < -0.3 is 15.3 Å². The number of hydrogen-bond donors (Lipinski definition) is 6. The lowest BCUT2D eigenvalue weighted by Crippen LogP contribution is -2.15. The van der Waals surface area contributed by atoms with Crippen molar-refractivity contribution in [3.05, 3.63) is 77.6 Å². The van der Waals surface area contributed by atoms with Crippen molar-refractivity contribution in [3.63, 3.8) is 0 Å². The second-order valence-electron chi connectivity index (χ2n) is 8.63. The number of azo groups is 1. The minimum atomic E-state index is -4.85. The van der Waals surface area contributed by atoms with E-state index in [0.29, 0.717) is 0 Å². The highest BCUT2D eigenvalue weighted by atomic mass is 32.2. The summed E-state index contributed by atoms with van der Waals surface area (Å²) in [4.78, 5) is 10.0. The number of ketones is 1. The SMILES string of the molecule is O=C1C=C(O)C(=NNc2ccc(C#Cc3ccc(N=Nc4ccc(O)cc4O)cc3S(=O)(=O)O)c(S(=O)(=O)O)c2)CC1. The molecule has 0 unspecified atom stereocenters. The predicted octanol–water partition coefficient (Wildman–Crippen LogP) is 3.98. The number of anilines is 1. The molecule has 1 aliphatic carbocycles. The van der Waals surface area contributed by atoms with Gasteiger partial charge in [-0.15, -0.1) is 5.11 Å². The number of hydrazone groups is 1. The van der Waals surface area contributed by atoms with Crippen molar-refractivity contribution in [2.45, 2.75) is 22.6 Å². The van der Waals surface area contributed by atoms with Gasteiger partial charge in [0.05, 0.1) is 11.4 Å². The van der Waals surface area contributed by atoms with Crippen molar-refractivity contribution >= 4 is 48.8 Å². The van der Waals surface area contributed by atoms with E-state index in [2.05, 4.69) is 32.6 Å². The van der Waals surface area contributed by atoms with E-state index in [1.165, 1.54) is 36.4 Å². The van der Waals surface area contributed by atoms with E-state index in [1.54, 1.807) is 0 Å². The van der Waals surface area contributed by atoms with Crippen molar-refractivity contribution in [2.75, 3.05) is 5.43 Å². The zero-order chi connectivity index (χ0) is 30.7. The summed E-state index contributed by atoms with van der Waals surface area (Å²) in [6.45, 7) is 0. The van der Waals surface area contributed by atoms with Crippen LogP contribution in [0.5, 0.6) is 11.5 Å². The third-order valence-electron chi connectivity index (χ3n) is 5.59. The fourth-order valence-corrected chi connectivity index (χ4v) is 4.90. The second-order valence-corrected chi connectivity index (χ2v) is 11.4. The summed E-state index contributed by atoms with van der Waals surface area (Å²) >= 11 is 0. The van der Waals surface area contributed by atoms with Crippen molar-refractivity contribution < 1.29 is 46.1 Å². The molecule has 0 saturated heterocycles. The number of hydrogen-bond acceptors (Lipinski definition) is 12. The summed E-state index contributed by atoms with van der Waals surface area (Å²) in [5.41, 5.74) is 2.21. The first-order chi connectivity index (χ1) is 19.7. The van der Waals surface area contributed by atoms with Gasteiger partial charge in [0, 0.05) is 36.1 Å². The van der Waals surface area contributed by atoms with Gasteiger partial charge in [0.2, 0.25) is 0 Å². The van der Waals surface area contributed by atoms with Crippen LogP contribution in [-0.4, -0.2) is 52.8 Å². The number of carbonyl (C=O) groups excluding carboxylic acids is 1. The number of benzene rings is 3. The van der Waals surface area contributed by atoms with Gasteiger partial charge in [-0.25, -0.2) is 0 Å². The van der Waals surface area contributed by atoms with Crippen LogP contribution in [0, 0.1) is 11.8 Å². The summed E-state index contributed by atoms with van der Waals surface area (Å²) < 4.78 is 67.7. The molecule has 3 aromatic rings. The topological polar surface area (TPSA) is 236 Å². The monoisotopic (exact) mass is 612 g/mol. The standard InChI is InChI=1S/C26H20N4O10S2/c31-19-7-9-21(23(33)13-19)29-27-17-5-3-15(25(11-17)41(35,36)37)1-2-16-4-6-18(12-26(16)42(38,39)40)28-30-22-10-8-20(32)14-24(22)34/h3-7,9,11-14,28,31,33-34H,8,10H2,(H,35,36,37)(H,38,39,40). The number of allylic oxidation sites excluding steroid dienone is 2. The van der Waals surface area contributed by atoms with E-state index in [4.69, 9.17) is 0 Å². The molecule has 6 N–H and O–H groups in total. The molecule has 3 aromatic carbocycles. The average molecular weight is 613 g/mol. The van der Waals surface area contributed by atoms with E-state index < -0.39 is 30.0 Å². The van der Waals surface area contributed by atoms with Crippen LogP contribution < -0.4 is 5.43 Å². The molecule has 0 amide bonds. The van der Waals surface area contributed by atoms with Crippen molar-refractivity contribution in [3.8, 4) is 23.3 Å². The Balaban J connectivity index is 1.67. The third-order valence-corrected chi connectivity index (χ3v) is 7.38. The number of aliphatic hydroxyl groups is 1. The minimum absolute atomic E-state index is 0.0331. The molecule has 216 valence electrons. The van der Waals surface area contributed by atoms with Gasteiger partial charge in [-0.3, -0.25) is 19.3 Å². The average Bonchev–Trinajstić information content (AvgIpc) is 2.90. The van der Waals surface area contributed by atoms with Crippen LogP contribution in [0.4, 0.5) is 17.1 Å². The van der Waals surface area contributed by atoms with Gasteiger partial charge in [0.25, 0.3) is 20.2 Å². The molecule has 0 spiro atoms. The van der Waals surface area contributed by atoms with Crippen LogP contribution in [0.25, 0.3) is 0 Å². The Bertz CT molecular complexity index is 1970. The Labute approximate surface area is 238 Å². The Hall–Kier alpha value is -5.08. The number of phenols is 2. The van der Waals surface area contributed by atoms with Gasteiger partial charge in [0.1, 0.15) is 38.4 Å². The first-order valence-corrected chi connectivity index (χ1v) is 14.5. The maximum Gasteiger partial charge on any atom is 0.295 e. The Morgan fingerprint density at radius 2 is 1.40 bits per heavy atom. The van der Waals surface area contributed by atoms with Gasteiger partial charge >= 0.3 is 0 Å². The van der Waals surface area contributed by atoms with Gasteiger partial charge in [0.15, 0.2) is 5.78 Å². The lowest BCUT2D eigenvalue weighted by atomic mass is 10.0. The van der Waals surface area contributed by atoms with Gasteiger partial charge in [-0.1, -0.05) is 11.8 Å². The molecule has 14 nitrogen and oxygen atoms in total. The first kappa shape index (κ1) is 29.9. The summed E-state index contributed by atoms with van der Waals surface area (Å²) in [7, 11) is -9.69. The number of phenolic OH excluding ortho intramolecular Hbond substituents is 2. The van der Waals surface area contributed by atoms with E-state index in [0.717, 1.165) is 24.3 Å². The number of nitrogens with zero attached hydrogens (tertiary/aromatic N) is 3. The molecule has 0 bridgehead atoms. The van der Waals surface area contributed by atoms with Crippen LogP contribution in [-0.2, 0) is 25.0 Å². The normalized spacial score (nSPS) is 14.9. The molecule has 4 rings (SSSR count). The summed E-state index contributed by atoms with van der Waals surface area (Å²) in [5.74, 6) is 3.70. The molecule has 16 heteroatoms. The van der Waals surface area contributed by atoms with Crippen molar-refractivity contribution in [2.24, 2.45) is 15.3 Å². The van der Waals surface area contributed by atoms with Crippen LogP contribution in [0.2, 0.25) is 0 Å². The maximum atomic E-state index is 12.1. The fourth-order valence-electron chi connectivity index (χ4n) is 3.56. The number of rotatable bonds is 6. The lowest BCUT2D eigenvalue weighted by molar-refractivity contribution is -0.114. The lowest BCUT2D eigenvalue weighted by Gasteiger charge is -2.11. The van der Waals surface area contributed by atoms with Crippen LogP contribution in [0.3, 0.4) is 0 Å². The number of nitrogens with one attached hydrogen (secondary N) is 1. The molecule has 0 saturated carbocycles. The molecular weight excluding hydrogens is 592 g/mol. The van der Waals surface area contributed by atoms with Crippen molar-refractivity contribution in [1.82, 2.24) is 0 Å². The predicted molar refractivity (Wildman–Crippen MR) is 148 cm³/mol. The highest BCUT2D eigenvalue weighted by molar-refractivity contribution is 7.86. The maximum absolute atomic E-state index is 12.1. The summed E-state index contributed by atoms with van der Waals surface area (Å²) in [6, 6.07) is 10.5. The zero-order valence-corrected chi connectivity index (χ0v) is 22.8. The van der Waals surface area contributed by atoms with E-state index in [1.807, 2.05) is 0 Å². The van der Waals surface area contributed by atoms with E-state index in [-0.39, 0.29) is 69.8 Å². The smallest absolute Gasteiger partial charge is 0.295 e. The Kier molecular flexibility index (Phi) is 8.40. The molecule has 42 heavy (non-hydrogen) atoms. The van der Waals surface area contributed by atoms with Crippen LogP contribution >= 0.6 is 0 Å². The van der Waals surface area contributed by atoms with Gasteiger partial charge in [-0.05, 0) is 48.5 Å². The summed E-state index contributed by atoms with van der Waals surface area (Å²) in [6.07, 6.45) is 1.30. The summed E-state index contributed by atoms with van der Waals surface area (Å²) in [5, 5.41) is 40.6. The molecular formula is C26H20N4O10S2. The quantitative estimate of drug-likeness (QED) is 0.101. The van der Waals surface area contributed by atoms with E-state index >= 15 is 0 Å². The van der Waals surface area contributed by atoms with E-state index in [9.17, 15) is 46.1 Å². The van der Waals surface area contributed by atoms with Crippen molar-refractivity contribution in [1.29, 1.82) is 0 Å². The molecule has 0 aromatic heterocycles. The first-order valence-electron chi connectivity index (χ1n) is 11.7.